The lowest BCUT2D eigenvalue weighted by Crippen LogP contribution is -2.38. The van der Waals surface area contributed by atoms with Gasteiger partial charge in [0.15, 0.2) is 9.84 Å². The van der Waals surface area contributed by atoms with Crippen LogP contribution in [0.4, 0.5) is 0 Å². The molecule has 1 amide bonds. The van der Waals surface area contributed by atoms with Gasteiger partial charge in [-0.15, -0.1) is 11.8 Å². The van der Waals surface area contributed by atoms with Crippen LogP contribution < -0.4 is 4.74 Å². The Morgan fingerprint density at radius 3 is 2.43 bits per heavy atom. The Morgan fingerprint density at radius 1 is 1.10 bits per heavy atom. The van der Waals surface area contributed by atoms with E-state index in [0.717, 1.165) is 5.75 Å². The van der Waals surface area contributed by atoms with Gasteiger partial charge in [0.2, 0.25) is 5.91 Å². The molecule has 0 bridgehead atoms. The molecule has 0 spiro atoms. The maximum Gasteiger partial charge on any atom is 0.235 e. The fourth-order valence-corrected chi connectivity index (χ4v) is 4.85. The topological polar surface area (TPSA) is 63.7 Å². The molecule has 2 rings (SSSR count). The second kappa shape index (κ2) is 11.4. The summed E-state index contributed by atoms with van der Waals surface area (Å²) in [5.41, 5.74) is 1.22. The van der Waals surface area contributed by atoms with Gasteiger partial charge in [0.05, 0.1) is 16.8 Å². The lowest BCUT2D eigenvalue weighted by atomic mass is 10.1. The molecule has 0 saturated heterocycles. The zero-order chi connectivity index (χ0) is 22.1. The van der Waals surface area contributed by atoms with Crippen molar-refractivity contribution < 1.29 is 17.9 Å². The van der Waals surface area contributed by atoms with Crippen molar-refractivity contribution in [2.75, 3.05) is 26.5 Å². The second-order valence-corrected chi connectivity index (χ2v) is 10.8. The minimum absolute atomic E-state index is 0.0948. The average molecular weight is 450 g/mol. The van der Waals surface area contributed by atoms with Crippen molar-refractivity contribution in [3.8, 4) is 5.75 Å². The van der Waals surface area contributed by atoms with Gasteiger partial charge in [0.1, 0.15) is 5.75 Å². The van der Waals surface area contributed by atoms with Crippen molar-refractivity contribution in [2.45, 2.75) is 36.2 Å². The molecule has 1 unspecified atom stereocenters. The van der Waals surface area contributed by atoms with Gasteiger partial charge in [0, 0.05) is 25.6 Å². The number of ether oxygens (including phenoxy) is 1. The molecule has 0 N–H and O–H groups in total. The molecule has 0 aliphatic rings. The molecule has 5 nitrogen and oxygen atoms in total. The largest absolute Gasteiger partial charge is 0.493 e. The van der Waals surface area contributed by atoms with E-state index in [4.69, 9.17) is 4.74 Å². The molecule has 2 aromatic carbocycles. The molecule has 0 saturated carbocycles. The number of hydrogen-bond acceptors (Lipinski definition) is 5. The van der Waals surface area contributed by atoms with E-state index in [0.29, 0.717) is 25.3 Å². The van der Waals surface area contributed by atoms with Gasteiger partial charge in [-0.1, -0.05) is 50.2 Å². The number of nitrogens with zero attached hydrogens (tertiary/aromatic N) is 1. The van der Waals surface area contributed by atoms with E-state index in [-0.39, 0.29) is 22.0 Å². The third kappa shape index (κ3) is 7.69. The van der Waals surface area contributed by atoms with Crippen molar-refractivity contribution >= 4 is 27.5 Å². The Bertz CT molecular complexity index is 914. The normalized spacial score (nSPS) is 12.6. The van der Waals surface area contributed by atoms with Crippen molar-refractivity contribution in [2.24, 2.45) is 5.92 Å². The Hall–Kier alpha value is -1.99. The van der Waals surface area contributed by atoms with Crippen LogP contribution in [0.2, 0.25) is 0 Å². The molecule has 2 aromatic rings. The van der Waals surface area contributed by atoms with E-state index < -0.39 is 9.84 Å². The van der Waals surface area contributed by atoms with Gasteiger partial charge in [-0.3, -0.25) is 4.79 Å². The highest BCUT2D eigenvalue weighted by atomic mass is 32.2. The lowest BCUT2D eigenvalue weighted by molar-refractivity contribution is -0.130. The molecule has 0 aromatic heterocycles. The maximum atomic E-state index is 12.9. The molecule has 0 radical (unpaired) electrons. The highest BCUT2D eigenvalue weighted by molar-refractivity contribution is 7.99. The number of amides is 1. The third-order valence-corrected chi connectivity index (χ3v) is 7.35. The van der Waals surface area contributed by atoms with Crippen LogP contribution in [0.15, 0.2) is 59.5 Å². The standard InChI is InChI=1S/C23H31NO4S2/c1-18(2)22(29-17-19-10-6-5-7-11-19)23(25)24(3)14-9-15-28-20-12-8-13-21(16-20)30(4,26)27/h5-8,10-13,16,18,22H,9,14-15,17H2,1-4H3. The molecule has 164 valence electrons. The predicted molar refractivity (Wildman–Crippen MR) is 124 cm³/mol. The van der Waals surface area contributed by atoms with Gasteiger partial charge in [0.25, 0.3) is 0 Å². The summed E-state index contributed by atoms with van der Waals surface area (Å²) in [4.78, 5) is 14.9. The quantitative estimate of drug-likeness (QED) is 0.479. The summed E-state index contributed by atoms with van der Waals surface area (Å²) in [6, 6.07) is 16.7. The predicted octanol–water partition coefficient (Wildman–Crippen LogP) is 4.28. The first-order chi connectivity index (χ1) is 14.2. The zero-order valence-corrected chi connectivity index (χ0v) is 19.7. The van der Waals surface area contributed by atoms with Crippen LogP contribution in [0.3, 0.4) is 0 Å². The summed E-state index contributed by atoms with van der Waals surface area (Å²) in [6.45, 7) is 5.15. The van der Waals surface area contributed by atoms with E-state index in [9.17, 15) is 13.2 Å². The van der Waals surface area contributed by atoms with Gasteiger partial charge in [-0.2, -0.15) is 0 Å². The van der Waals surface area contributed by atoms with Crippen LogP contribution in [0.25, 0.3) is 0 Å². The Morgan fingerprint density at radius 2 is 1.80 bits per heavy atom. The molecule has 30 heavy (non-hydrogen) atoms. The van der Waals surface area contributed by atoms with Crippen molar-refractivity contribution in [3.63, 3.8) is 0 Å². The highest BCUT2D eigenvalue weighted by Gasteiger charge is 2.25. The van der Waals surface area contributed by atoms with Crippen molar-refractivity contribution in [1.29, 1.82) is 0 Å². The number of carbonyl (C=O) groups excluding carboxylic acids is 1. The van der Waals surface area contributed by atoms with Gasteiger partial charge in [-0.05, 0) is 36.1 Å². The molecule has 0 heterocycles. The lowest BCUT2D eigenvalue weighted by Gasteiger charge is -2.26. The Kier molecular flexibility index (Phi) is 9.24. The molecule has 0 aliphatic carbocycles. The van der Waals surface area contributed by atoms with Gasteiger partial charge >= 0.3 is 0 Å². The first-order valence-corrected chi connectivity index (χ1v) is 13.0. The monoisotopic (exact) mass is 449 g/mol. The summed E-state index contributed by atoms with van der Waals surface area (Å²) in [5, 5.41) is -0.0948. The van der Waals surface area contributed by atoms with Crippen LogP contribution in [0, 0.1) is 5.92 Å². The number of carbonyl (C=O) groups is 1. The summed E-state index contributed by atoms with van der Waals surface area (Å²) < 4.78 is 29.0. The second-order valence-electron chi connectivity index (χ2n) is 7.67. The Labute approximate surface area is 184 Å². The van der Waals surface area contributed by atoms with E-state index >= 15 is 0 Å². The number of benzene rings is 2. The van der Waals surface area contributed by atoms with E-state index in [2.05, 4.69) is 26.0 Å². The summed E-state index contributed by atoms with van der Waals surface area (Å²) in [5.74, 6) is 1.70. The molecular weight excluding hydrogens is 418 g/mol. The molecule has 0 aliphatic heterocycles. The first kappa shape index (κ1) is 24.3. The number of hydrogen-bond donors (Lipinski definition) is 0. The van der Waals surface area contributed by atoms with E-state index in [1.165, 1.54) is 17.9 Å². The van der Waals surface area contributed by atoms with Crippen LogP contribution in [0.1, 0.15) is 25.8 Å². The van der Waals surface area contributed by atoms with E-state index in [1.54, 1.807) is 34.9 Å². The smallest absolute Gasteiger partial charge is 0.235 e. The minimum atomic E-state index is -3.26. The zero-order valence-electron chi connectivity index (χ0n) is 18.1. The van der Waals surface area contributed by atoms with E-state index in [1.807, 2.05) is 25.2 Å². The van der Waals surface area contributed by atoms with Crippen LogP contribution >= 0.6 is 11.8 Å². The molecule has 1 atom stereocenters. The minimum Gasteiger partial charge on any atom is -0.493 e. The average Bonchev–Trinajstić information content (AvgIpc) is 2.71. The Balaban J connectivity index is 1.82. The number of thioether (sulfide) groups is 1. The summed E-state index contributed by atoms with van der Waals surface area (Å²) >= 11 is 1.68. The summed E-state index contributed by atoms with van der Waals surface area (Å²) in [6.07, 6.45) is 1.84. The molecule has 7 heteroatoms. The molecule has 0 fully saturated rings. The van der Waals surface area contributed by atoms with Crippen molar-refractivity contribution in [1.82, 2.24) is 4.90 Å². The maximum absolute atomic E-state index is 12.9. The van der Waals surface area contributed by atoms with Crippen LogP contribution in [0.5, 0.6) is 5.75 Å². The van der Waals surface area contributed by atoms with Gasteiger partial charge in [-0.25, -0.2) is 8.42 Å². The number of sulfone groups is 1. The number of rotatable bonds is 11. The highest BCUT2D eigenvalue weighted by Crippen LogP contribution is 2.25. The van der Waals surface area contributed by atoms with Crippen molar-refractivity contribution in [3.05, 3.63) is 60.2 Å². The first-order valence-electron chi connectivity index (χ1n) is 10.0. The molecular formula is C23H31NO4S2. The van der Waals surface area contributed by atoms with Crippen LogP contribution in [-0.4, -0.2) is 50.9 Å². The van der Waals surface area contributed by atoms with Gasteiger partial charge < -0.3 is 9.64 Å². The fraction of sp³-hybridized carbons (Fsp3) is 0.435. The SMILES string of the molecule is CC(C)C(SCc1ccccc1)C(=O)N(C)CCCOc1cccc(S(C)(=O)=O)c1. The van der Waals surface area contributed by atoms with Crippen LogP contribution in [-0.2, 0) is 20.4 Å². The summed E-state index contributed by atoms with van der Waals surface area (Å²) in [7, 11) is -1.43. The third-order valence-electron chi connectivity index (χ3n) is 4.64. The fourth-order valence-electron chi connectivity index (χ4n) is 2.92.